The molecule has 0 aromatic carbocycles. The lowest BCUT2D eigenvalue weighted by molar-refractivity contribution is -0.137. The Labute approximate surface area is 156 Å². The highest BCUT2D eigenvalue weighted by Crippen LogP contribution is 2.39. The average molecular weight is 373 g/mol. The second kappa shape index (κ2) is 12.5. The number of carboxylic acid groups (broad SMARTS) is 1. The van der Waals surface area contributed by atoms with Gasteiger partial charge in [-0.2, -0.15) is 0 Å². The van der Waals surface area contributed by atoms with Gasteiger partial charge in [0.05, 0.1) is 12.2 Å². The highest BCUT2D eigenvalue weighted by Gasteiger charge is 2.39. The molecule has 0 aromatic rings. The molecule has 1 fully saturated rings. The van der Waals surface area contributed by atoms with Crippen molar-refractivity contribution < 1.29 is 20.1 Å². The standard InChI is InChI=1S/C20H33ClO4/c1-2-3-6-9-15(22)12-13-17-16(18(21)14-19(17)23)10-7-4-5-8-11-20(24)25/h4,7,12-13,15-19,22-23H,2-3,5-6,8-11,14H2,1H3,(H,24,25)/b7-4-,13-12+/t15-,16+,17+,18+,19+/m0/s1. The van der Waals surface area contributed by atoms with Crippen molar-refractivity contribution >= 4 is 17.6 Å². The lowest BCUT2D eigenvalue weighted by atomic mass is 9.90. The minimum Gasteiger partial charge on any atom is -0.481 e. The van der Waals surface area contributed by atoms with Gasteiger partial charge in [0.25, 0.3) is 0 Å². The van der Waals surface area contributed by atoms with E-state index in [0.717, 1.165) is 38.5 Å². The Morgan fingerprint density at radius 2 is 2.04 bits per heavy atom. The fraction of sp³-hybridized carbons (Fsp3) is 0.750. The number of aliphatic carboxylic acids is 1. The summed E-state index contributed by atoms with van der Waals surface area (Å²) in [5.74, 6) is -0.658. The predicted molar refractivity (Wildman–Crippen MR) is 102 cm³/mol. The van der Waals surface area contributed by atoms with E-state index in [9.17, 15) is 15.0 Å². The van der Waals surface area contributed by atoms with Crippen LogP contribution in [0.15, 0.2) is 24.3 Å². The van der Waals surface area contributed by atoms with E-state index in [0.29, 0.717) is 12.8 Å². The number of aliphatic hydroxyl groups excluding tert-OH is 2. The minimum absolute atomic E-state index is 0.0352. The molecule has 0 amide bonds. The number of halogens is 1. The van der Waals surface area contributed by atoms with E-state index < -0.39 is 18.2 Å². The quantitative estimate of drug-likeness (QED) is 0.271. The van der Waals surface area contributed by atoms with Crippen molar-refractivity contribution in [1.29, 1.82) is 0 Å². The molecule has 0 radical (unpaired) electrons. The molecule has 0 aromatic heterocycles. The van der Waals surface area contributed by atoms with Gasteiger partial charge in [-0.1, -0.05) is 50.5 Å². The monoisotopic (exact) mass is 372 g/mol. The third-order valence-corrected chi connectivity index (χ3v) is 5.37. The second-order valence-corrected chi connectivity index (χ2v) is 7.56. The first-order chi connectivity index (χ1) is 12.0. The molecule has 3 N–H and O–H groups in total. The SMILES string of the molecule is CCCCC[C@H](O)/C=C/[C@@H]1[C@@H](C/C=C\CCCC(=O)O)[C@H](Cl)C[C@H]1O. The summed E-state index contributed by atoms with van der Waals surface area (Å²) in [6.45, 7) is 2.14. The molecule has 1 saturated carbocycles. The molecule has 25 heavy (non-hydrogen) atoms. The molecule has 5 atom stereocenters. The average Bonchev–Trinajstić information content (AvgIpc) is 2.82. The van der Waals surface area contributed by atoms with E-state index in [4.69, 9.17) is 16.7 Å². The molecule has 1 aliphatic carbocycles. The van der Waals surface area contributed by atoms with E-state index in [2.05, 4.69) is 6.92 Å². The van der Waals surface area contributed by atoms with Crippen LogP contribution in [0.3, 0.4) is 0 Å². The van der Waals surface area contributed by atoms with Crippen LogP contribution in [0.2, 0.25) is 0 Å². The van der Waals surface area contributed by atoms with Gasteiger partial charge in [0, 0.05) is 17.7 Å². The fourth-order valence-electron chi connectivity index (χ4n) is 3.36. The third-order valence-electron chi connectivity index (χ3n) is 4.87. The fourth-order valence-corrected chi connectivity index (χ4v) is 3.82. The van der Waals surface area contributed by atoms with Crippen molar-refractivity contribution in [2.75, 3.05) is 0 Å². The number of allylic oxidation sites excluding steroid dienone is 2. The van der Waals surface area contributed by atoms with Crippen LogP contribution in [0.25, 0.3) is 0 Å². The van der Waals surface area contributed by atoms with E-state index >= 15 is 0 Å². The first kappa shape index (κ1) is 22.2. The van der Waals surface area contributed by atoms with Gasteiger partial charge >= 0.3 is 5.97 Å². The minimum atomic E-state index is -0.768. The summed E-state index contributed by atoms with van der Waals surface area (Å²) in [5, 5.41) is 28.8. The zero-order valence-corrected chi connectivity index (χ0v) is 15.9. The molecule has 1 aliphatic rings. The molecular weight excluding hydrogens is 340 g/mol. The molecule has 0 unspecified atom stereocenters. The summed E-state index contributed by atoms with van der Waals surface area (Å²) < 4.78 is 0. The van der Waals surface area contributed by atoms with E-state index in [1.54, 1.807) is 0 Å². The van der Waals surface area contributed by atoms with Crippen LogP contribution in [-0.4, -0.2) is 38.9 Å². The van der Waals surface area contributed by atoms with Crippen molar-refractivity contribution in [1.82, 2.24) is 0 Å². The maximum atomic E-state index is 10.5. The summed E-state index contributed by atoms with van der Waals surface area (Å²) in [6, 6.07) is 0. The molecule has 1 rings (SSSR count). The van der Waals surface area contributed by atoms with Gasteiger partial charge < -0.3 is 15.3 Å². The van der Waals surface area contributed by atoms with Crippen LogP contribution >= 0.6 is 11.6 Å². The maximum Gasteiger partial charge on any atom is 0.303 e. The molecular formula is C20H33ClO4. The van der Waals surface area contributed by atoms with Gasteiger partial charge in [-0.15, -0.1) is 11.6 Å². The van der Waals surface area contributed by atoms with E-state index in [-0.39, 0.29) is 23.6 Å². The second-order valence-electron chi connectivity index (χ2n) is 7.00. The number of unbranched alkanes of at least 4 members (excludes halogenated alkanes) is 3. The van der Waals surface area contributed by atoms with E-state index in [1.165, 1.54) is 0 Å². The first-order valence-electron chi connectivity index (χ1n) is 9.51. The maximum absolute atomic E-state index is 10.5. The zero-order valence-electron chi connectivity index (χ0n) is 15.2. The van der Waals surface area contributed by atoms with Crippen molar-refractivity contribution in [3.63, 3.8) is 0 Å². The number of rotatable bonds is 12. The van der Waals surface area contributed by atoms with Crippen LogP contribution in [0.4, 0.5) is 0 Å². The van der Waals surface area contributed by atoms with Crippen molar-refractivity contribution in [3.05, 3.63) is 24.3 Å². The summed E-state index contributed by atoms with van der Waals surface area (Å²) in [6.07, 6.45) is 13.8. The number of hydrogen-bond acceptors (Lipinski definition) is 3. The number of carbonyl (C=O) groups is 1. The Morgan fingerprint density at radius 1 is 1.28 bits per heavy atom. The van der Waals surface area contributed by atoms with Crippen LogP contribution in [0.1, 0.15) is 64.7 Å². The molecule has 144 valence electrons. The van der Waals surface area contributed by atoms with E-state index in [1.807, 2.05) is 24.3 Å². The van der Waals surface area contributed by atoms with Gasteiger partial charge in [0.1, 0.15) is 0 Å². The Balaban J connectivity index is 2.46. The lowest BCUT2D eigenvalue weighted by Gasteiger charge is -2.19. The summed E-state index contributed by atoms with van der Waals surface area (Å²) in [4.78, 5) is 10.5. The zero-order chi connectivity index (χ0) is 18.7. The summed E-state index contributed by atoms with van der Waals surface area (Å²) in [7, 11) is 0. The highest BCUT2D eigenvalue weighted by atomic mass is 35.5. The summed E-state index contributed by atoms with van der Waals surface area (Å²) in [5.41, 5.74) is 0. The van der Waals surface area contributed by atoms with Crippen LogP contribution in [-0.2, 0) is 4.79 Å². The van der Waals surface area contributed by atoms with Crippen molar-refractivity contribution in [2.45, 2.75) is 82.3 Å². The molecule has 0 aliphatic heterocycles. The van der Waals surface area contributed by atoms with Crippen LogP contribution < -0.4 is 0 Å². The molecule has 0 bridgehead atoms. The lowest BCUT2D eigenvalue weighted by Crippen LogP contribution is -2.19. The Kier molecular flexibility index (Phi) is 11.1. The number of alkyl halides is 1. The van der Waals surface area contributed by atoms with Crippen molar-refractivity contribution in [2.24, 2.45) is 11.8 Å². The number of hydrogen-bond donors (Lipinski definition) is 3. The predicted octanol–water partition coefficient (Wildman–Crippen LogP) is 4.29. The third kappa shape index (κ3) is 8.89. The van der Waals surface area contributed by atoms with Gasteiger partial charge in [-0.25, -0.2) is 0 Å². The largest absolute Gasteiger partial charge is 0.481 e. The smallest absolute Gasteiger partial charge is 0.303 e. The van der Waals surface area contributed by atoms with Gasteiger partial charge in [0.2, 0.25) is 0 Å². The molecule has 0 heterocycles. The Morgan fingerprint density at radius 3 is 2.72 bits per heavy atom. The molecule has 5 heteroatoms. The Hall–Kier alpha value is -0.840. The van der Waals surface area contributed by atoms with Gasteiger partial charge in [0.15, 0.2) is 0 Å². The normalized spacial score (nSPS) is 28.2. The first-order valence-corrected chi connectivity index (χ1v) is 9.94. The van der Waals surface area contributed by atoms with Gasteiger partial charge in [-0.3, -0.25) is 4.79 Å². The number of aliphatic hydroxyl groups is 2. The Bertz CT molecular complexity index is 435. The highest BCUT2D eigenvalue weighted by molar-refractivity contribution is 6.21. The van der Waals surface area contributed by atoms with Crippen LogP contribution in [0.5, 0.6) is 0 Å². The molecule has 4 nitrogen and oxygen atoms in total. The van der Waals surface area contributed by atoms with Gasteiger partial charge in [-0.05, 0) is 38.0 Å². The molecule has 0 spiro atoms. The topological polar surface area (TPSA) is 77.8 Å². The number of carboxylic acids is 1. The molecule has 0 saturated heterocycles. The van der Waals surface area contributed by atoms with Crippen LogP contribution in [0, 0.1) is 11.8 Å². The van der Waals surface area contributed by atoms with Crippen molar-refractivity contribution in [3.8, 4) is 0 Å². The summed E-state index contributed by atoms with van der Waals surface area (Å²) >= 11 is 6.40.